The highest BCUT2D eigenvalue weighted by atomic mass is 16.2. The molecule has 2 aromatic rings. The highest BCUT2D eigenvalue weighted by molar-refractivity contribution is 5.97. The number of anilines is 1. The number of benzene rings is 2. The molecule has 0 spiro atoms. The van der Waals surface area contributed by atoms with Gasteiger partial charge >= 0.3 is 0 Å². The van der Waals surface area contributed by atoms with Crippen molar-refractivity contribution in [1.29, 1.82) is 5.26 Å². The van der Waals surface area contributed by atoms with Crippen molar-refractivity contribution in [3.05, 3.63) is 54.6 Å². The van der Waals surface area contributed by atoms with E-state index in [1.165, 1.54) is 0 Å². The zero-order chi connectivity index (χ0) is 23.8. The van der Waals surface area contributed by atoms with Crippen molar-refractivity contribution >= 4 is 23.5 Å². The van der Waals surface area contributed by atoms with Crippen molar-refractivity contribution in [2.75, 3.05) is 31.5 Å². The van der Waals surface area contributed by atoms with Gasteiger partial charge in [0.2, 0.25) is 17.8 Å². The summed E-state index contributed by atoms with van der Waals surface area (Å²) in [5.74, 6) is 0.0580. The Hall–Kier alpha value is -3.86. The summed E-state index contributed by atoms with van der Waals surface area (Å²) in [5.41, 5.74) is 2.86. The predicted octanol–water partition coefficient (Wildman–Crippen LogP) is 3.20. The van der Waals surface area contributed by atoms with Gasteiger partial charge in [0, 0.05) is 25.3 Å². The Labute approximate surface area is 200 Å². The Bertz CT molecular complexity index is 1070. The normalized spacial score (nSPS) is 18.9. The minimum absolute atomic E-state index is 0.00158. The third-order valence-corrected chi connectivity index (χ3v) is 6.23. The highest BCUT2D eigenvalue weighted by Crippen LogP contribution is 2.23. The zero-order valence-corrected chi connectivity index (χ0v) is 19.2. The molecule has 0 aliphatic carbocycles. The van der Waals surface area contributed by atoms with Gasteiger partial charge in [0.1, 0.15) is 6.04 Å². The van der Waals surface area contributed by atoms with Crippen molar-refractivity contribution in [1.82, 2.24) is 15.1 Å². The molecule has 0 bridgehead atoms. The van der Waals surface area contributed by atoms with Gasteiger partial charge in [-0.2, -0.15) is 5.26 Å². The molecule has 2 fully saturated rings. The monoisotopic (exact) mass is 458 g/mol. The Morgan fingerprint density at radius 3 is 2.50 bits per heavy atom. The fourth-order valence-corrected chi connectivity index (χ4v) is 4.44. The van der Waals surface area contributed by atoms with Crippen LogP contribution in [0.2, 0.25) is 0 Å². The first-order valence-corrected chi connectivity index (χ1v) is 11.9. The molecule has 0 aromatic heterocycles. The molecule has 1 unspecified atom stereocenters. The summed E-state index contributed by atoms with van der Waals surface area (Å²) >= 11 is 0. The Morgan fingerprint density at radius 1 is 1.00 bits per heavy atom. The average molecular weight is 459 g/mol. The summed E-state index contributed by atoms with van der Waals surface area (Å²) in [7, 11) is 0. The molecule has 8 heteroatoms. The first kappa shape index (κ1) is 23.3. The van der Waals surface area contributed by atoms with E-state index in [4.69, 9.17) is 0 Å². The maximum Gasteiger partial charge on any atom is 0.247 e. The number of rotatable bonds is 5. The van der Waals surface area contributed by atoms with Gasteiger partial charge in [0.05, 0.1) is 6.54 Å². The van der Waals surface area contributed by atoms with Gasteiger partial charge < -0.3 is 15.1 Å². The number of nitrogens with one attached hydrogen (secondary N) is 2. The molecular weight excluding hydrogens is 428 g/mol. The first-order valence-electron chi connectivity index (χ1n) is 11.9. The Morgan fingerprint density at radius 2 is 1.74 bits per heavy atom. The first-order chi connectivity index (χ1) is 16.6. The quantitative estimate of drug-likeness (QED) is 0.310. The predicted molar refractivity (Wildman–Crippen MR) is 132 cm³/mol. The molecule has 4 rings (SSSR count). The lowest BCUT2D eigenvalue weighted by molar-refractivity contribution is -0.140. The molecule has 2 heterocycles. The van der Waals surface area contributed by atoms with E-state index in [1.807, 2.05) is 65.7 Å². The number of carbonyl (C=O) groups is 2. The zero-order valence-electron chi connectivity index (χ0n) is 19.2. The molecule has 2 saturated heterocycles. The van der Waals surface area contributed by atoms with Gasteiger partial charge in [0.25, 0.3) is 0 Å². The van der Waals surface area contributed by atoms with E-state index in [0.29, 0.717) is 13.0 Å². The topological polar surface area (TPSA) is 101 Å². The lowest BCUT2D eigenvalue weighted by Gasteiger charge is -2.25. The SMILES string of the molecule is N#CNC(=NC1CCCCN(CC(=O)N2CCCC2)C1=O)Nc1cccc(-c2ccccc2)c1. The number of nitrogens with zero attached hydrogens (tertiary/aromatic N) is 4. The number of amides is 2. The van der Waals surface area contributed by atoms with E-state index in [0.717, 1.165) is 55.6 Å². The Kier molecular flexibility index (Phi) is 7.76. The maximum atomic E-state index is 13.2. The molecule has 8 nitrogen and oxygen atoms in total. The molecule has 2 aromatic carbocycles. The largest absolute Gasteiger partial charge is 0.341 e. The number of nitriles is 1. The van der Waals surface area contributed by atoms with E-state index < -0.39 is 6.04 Å². The van der Waals surface area contributed by atoms with Crippen molar-refractivity contribution in [2.24, 2.45) is 4.99 Å². The molecule has 0 saturated carbocycles. The number of aliphatic imine (C=N–C) groups is 1. The summed E-state index contributed by atoms with van der Waals surface area (Å²) in [4.78, 5) is 33.9. The number of guanidine groups is 1. The average Bonchev–Trinajstić information content (AvgIpc) is 3.35. The summed E-state index contributed by atoms with van der Waals surface area (Å²) in [6.45, 7) is 2.19. The molecule has 1 atom stereocenters. The van der Waals surface area contributed by atoms with Crippen LogP contribution in [0.15, 0.2) is 59.6 Å². The van der Waals surface area contributed by atoms with E-state index in [2.05, 4.69) is 15.6 Å². The summed E-state index contributed by atoms with van der Waals surface area (Å²) in [5, 5.41) is 15.0. The summed E-state index contributed by atoms with van der Waals surface area (Å²) in [6.07, 6.45) is 6.19. The number of hydrogen-bond donors (Lipinski definition) is 2. The minimum atomic E-state index is -0.644. The lowest BCUT2D eigenvalue weighted by atomic mass is 10.1. The highest BCUT2D eigenvalue weighted by Gasteiger charge is 2.30. The smallest absolute Gasteiger partial charge is 0.247 e. The van der Waals surface area contributed by atoms with Crippen LogP contribution in [-0.2, 0) is 9.59 Å². The van der Waals surface area contributed by atoms with Crippen LogP contribution >= 0.6 is 0 Å². The van der Waals surface area contributed by atoms with E-state index in [-0.39, 0.29) is 24.3 Å². The van der Waals surface area contributed by atoms with Crippen LogP contribution < -0.4 is 10.6 Å². The maximum absolute atomic E-state index is 13.2. The van der Waals surface area contributed by atoms with Crippen molar-refractivity contribution < 1.29 is 9.59 Å². The molecule has 2 N–H and O–H groups in total. The fraction of sp³-hybridized carbons (Fsp3) is 0.385. The summed E-state index contributed by atoms with van der Waals surface area (Å²) in [6, 6.07) is 17.2. The van der Waals surface area contributed by atoms with E-state index >= 15 is 0 Å². The second-order valence-corrected chi connectivity index (χ2v) is 8.65. The van der Waals surface area contributed by atoms with E-state index in [1.54, 1.807) is 4.90 Å². The van der Waals surface area contributed by atoms with Crippen LogP contribution in [0.1, 0.15) is 32.1 Å². The molecule has 2 amide bonds. The third-order valence-electron chi connectivity index (χ3n) is 6.23. The standard InChI is InChI=1S/C26H30N6O2/c27-19-28-26(29-22-12-8-11-21(17-22)20-9-2-1-3-10-20)30-23-13-4-5-16-32(25(23)34)18-24(33)31-14-6-7-15-31/h1-3,8-12,17,23H,4-7,13-16,18H2,(H2,28,29,30). The fourth-order valence-electron chi connectivity index (χ4n) is 4.44. The molecule has 2 aliphatic rings. The second-order valence-electron chi connectivity index (χ2n) is 8.65. The van der Waals surface area contributed by atoms with Gasteiger partial charge in [-0.3, -0.25) is 14.9 Å². The van der Waals surface area contributed by atoms with Crippen LogP contribution in [0.3, 0.4) is 0 Å². The van der Waals surface area contributed by atoms with Crippen LogP contribution in [0.25, 0.3) is 11.1 Å². The molecule has 176 valence electrons. The van der Waals surface area contributed by atoms with Gasteiger partial charge in [-0.1, -0.05) is 42.5 Å². The molecule has 34 heavy (non-hydrogen) atoms. The van der Waals surface area contributed by atoms with Gasteiger partial charge in [-0.25, -0.2) is 4.99 Å². The third kappa shape index (κ3) is 5.93. The van der Waals surface area contributed by atoms with Crippen molar-refractivity contribution in [3.63, 3.8) is 0 Å². The number of carbonyl (C=O) groups excluding carboxylic acids is 2. The van der Waals surface area contributed by atoms with Crippen LogP contribution in [0.4, 0.5) is 5.69 Å². The van der Waals surface area contributed by atoms with Gasteiger partial charge in [0.15, 0.2) is 6.19 Å². The van der Waals surface area contributed by atoms with Crippen LogP contribution in [-0.4, -0.2) is 59.8 Å². The Balaban J connectivity index is 1.49. The molecule has 2 aliphatic heterocycles. The van der Waals surface area contributed by atoms with Gasteiger partial charge in [-0.15, -0.1) is 0 Å². The van der Waals surface area contributed by atoms with Gasteiger partial charge in [-0.05, 0) is 55.4 Å². The van der Waals surface area contributed by atoms with E-state index in [9.17, 15) is 14.9 Å². The number of hydrogen-bond acceptors (Lipinski definition) is 4. The molecule has 0 radical (unpaired) electrons. The lowest BCUT2D eigenvalue weighted by Crippen LogP contribution is -2.45. The van der Waals surface area contributed by atoms with Crippen LogP contribution in [0.5, 0.6) is 0 Å². The number of likely N-dealkylation sites (tertiary alicyclic amines) is 2. The summed E-state index contributed by atoms with van der Waals surface area (Å²) < 4.78 is 0. The molecular formula is C26H30N6O2. The minimum Gasteiger partial charge on any atom is -0.341 e. The van der Waals surface area contributed by atoms with Crippen LogP contribution in [0, 0.1) is 11.5 Å². The van der Waals surface area contributed by atoms with Crippen molar-refractivity contribution in [3.8, 4) is 17.3 Å². The van der Waals surface area contributed by atoms with Crippen molar-refractivity contribution in [2.45, 2.75) is 38.1 Å². The second kappa shape index (κ2) is 11.3.